The molecule has 2 N–H and O–H groups in total. The number of nitrogen functional groups attached to an aromatic ring is 1. The predicted octanol–water partition coefficient (Wildman–Crippen LogP) is 3.62. The lowest BCUT2D eigenvalue weighted by Gasteiger charge is -2.38. The summed E-state index contributed by atoms with van der Waals surface area (Å²) in [7, 11) is 0. The van der Waals surface area contributed by atoms with Crippen molar-refractivity contribution in [3.8, 4) is 0 Å². The van der Waals surface area contributed by atoms with Crippen LogP contribution in [0.15, 0.2) is 18.2 Å². The highest BCUT2D eigenvalue weighted by Gasteiger charge is 2.39. The van der Waals surface area contributed by atoms with Gasteiger partial charge in [-0.1, -0.05) is 23.2 Å². The molecule has 152 valence electrons. The molecule has 0 amide bonds. The molecular weight excluding hydrogens is 418 g/mol. The molecule has 0 aliphatic carbocycles. The van der Waals surface area contributed by atoms with Gasteiger partial charge in [-0.2, -0.15) is 18.3 Å². The van der Waals surface area contributed by atoms with Crippen LogP contribution in [0.5, 0.6) is 0 Å². The number of piperazine rings is 1. The van der Waals surface area contributed by atoms with Crippen LogP contribution >= 0.6 is 23.2 Å². The maximum Gasteiger partial charge on any atom is 0.436 e. The van der Waals surface area contributed by atoms with Gasteiger partial charge in [0, 0.05) is 31.9 Å². The number of halogens is 5. The number of anilines is 2. The largest absolute Gasteiger partial charge is 0.436 e. The van der Waals surface area contributed by atoms with Crippen molar-refractivity contribution in [1.82, 2.24) is 14.7 Å². The fourth-order valence-electron chi connectivity index (χ4n) is 3.21. The molecule has 11 heteroatoms. The molecule has 1 saturated heterocycles. The van der Waals surface area contributed by atoms with E-state index in [-0.39, 0.29) is 5.69 Å². The van der Waals surface area contributed by atoms with Crippen LogP contribution in [-0.2, 0) is 11.0 Å². The molecule has 0 spiro atoms. The number of carbonyl (C=O) groups is 1. The fourth-order valence-corrected chi connectivity index (χ4v) is 3.56. The van der Waals surface area contributed by atoms with Gasteiger partial charge in [0.05, 0.1) is 21.4 Å². The molecule has 0 saturated carbocycles. The van der Waals surface area contributed by atoms with Gasteiger partial charge in [-0.3, -0.25) is 9.69 Å². The Hall–Kier alpha value is -1.97. The molecule has 1 unspecified atom stereocenters. The predicted molar refractivity (Wildman–Crippen MR) is 102 cm³/mol. The van der Waals surface area contributed by atoms with Crippen molar-refractivity contribution in [2.45, 2.75) is 19.3 Å². The number of aromatic nitrogens is 2. The average Bonchev–Trinajstić information content (AvgIpc) is 2.94. The molecule has 1 aliphatic heterocycles. The van der Waals surface area contributed by atoms with E-state index in [0.717, 1.165) is 10.4 Å². The van der Waals surface area contributed by atoms with Crippen molar-refractivity contribution in [3.63, 3.8) is 0 Å². The zero-order valence-corrected chi connectivity index (χ0v) is 16.4. The molecule has 1 aromatic heterocycles. The molecule has 2 aromatic rings. The second kappa shape index (κ2) is 7.81. The van der Waals surface area contributed by atoms with E-state index in [0.29, 0.717) is 43.2 Å². The molecular formula is C17H18Cl2F3N5O. The number of hydrogen-bond donors (Lipinski definition) is 1. The summed E-state index contributed by atoms with van der Waals surface area (Å²) in [4.78, 5) is 15.5. The van der Waals surface area contributed by atoms with Crippen molar-refractivity contribution >= 4 is 40.9 Å². The first-order chi connectivity index (χ1) is 13.1. The molecule has 2 heterocycles. The van der Waals surface area contributed by atoms with Crippen LogP contribution < -0.4 is 10.6 Å². The summed E-state index contributed by atoms with van der Waals surface area (Å²) in [6.07, 6.45) is -5.08. The highest BCUT2D eigenvalue weighted by atomic mass is 35.5. The Balaban J connectivity index is 1.77. The molecule has 28 heavy (non-hydrogen) atoms. The third-order valence-electron chi connectivity index (χ3n) is 4.75. The topological polar surface area (TPSA) is 67.4 Å². The van der Waals surface area contributed by atoms with Gasteiger partial charge in [0.1, 0.15) is 0 Å². The minimum Gasteiger partial charge on any atom is -0.397 e. The molecule has 0 bridgehead atoms. The fraction of sp³-hybridized carbons (Fsp3) is 0.412. The first-order valence-electron chi connectivity index (χ1n) is 8.44. The number of hydrogen-bond acceptors (Lipinski definition) is 5. The van der Waals surface area contributed by atoms with E-state index < -0.39 is 23.1 Å². The smallest absolute Gasteiger partial charge is 0.397 e. The van der Waals surface area contributed by atoms with Gasteiger partial charge in [-0.05, 0) is 25.1 Å². The summed E-state index contributed by atoms with van der Waals surface area (Å²) in [6, 6.07) is 5.32. The summed E-state index contributed by atoms with van der Waals surface area (Å²) in [5.74, 6) is 0. The summed E-state index contributed by atoms with van der Waals surface area (Å²) >= 11 is 11.7. The Morgan fingerprint density at radius 3 is 2.36 bits per heavy atom. The van der Waals surface area contributed by atoms with Gasteiger partial charge in [0.25, 0.3) is 0 Å². The van der Waals surface area contributed by atoms with E-state index in [1.54, 1.807) is 17.0 Å². The Kier molecular flexibility index (Phi) is 5.79. The lowest BCUT2D eigenvalue weighted by molar-refractivity contribution is -0.142. The van der Waals surface area contributed by atoms with Crippen molar-refractivity contribution in [2.75, 3.05) is 36.8 Å². The monoisotopic (exact) mass is 435 g/mol. The summed E-state index contributed by atoms with van der Waals surface area (Å²) in [6.45, 7) is 3.43. The number of aldehydes is 1. The molecule has 1 aromatic carbocycles. The lowest BCUT2D eigenvalue weighted by atomic mass is 10.2. The number of alkyl halides is 3. The highest BCUT2D eigenvalue weighted by Crippen LogP contribution is 2.36. The summed E-state index contributed by atoms with van der Waals surface area (Å²) in [5, 5.41) is 3.54. The van der Waals surface area contributed by atoms with E-state index in [2.05, 4.69) is 10.00 Å². The van der Waals surface area contributed by atoms with Crippen LogP contribution in [0, 0.1) is 6.92 Å². The van der Waals surface area contributed by atoms with Crippen molar-refractivity contribution in [1.29, 1.82) is 0 Å². The number of carbonyl (C=O) groups excluding carboxylic acids is 1. The van der Waals surface area contributed by atoms with Crippen LogP contribution in [0.3, 0.4) is 0 Å². The third kappa shape index (κ3) is 3.92. The minimum atomic E-state index is -4.69. The first kappa shape index (κ1) is 20.8. The molecule has 0 radical (unpaired) electrons. The standard InChI is InChI=1S/C17H18Cl2F3N5O/c1-10-15(19)16(17(20,21)22)24-27(10)14(9-28)26-6-4-25(5-7-26)11-2-3-12(18)13(23)8-11/h2-3,8-9,14H,4-7,23H2,1H3. The van der Waals surface area contributed by atoms with Gasteiger partial charge in [-0.25, -0.2) is 4.68 Å². The zero-order valence-electron chi connectivity index (χ0n) is 14.9. The second-order valence-electron chi connectivity index (χ2n) is 6.47. The molecule has 3 rings (SSSR count). The normalized spacial score (nSPS) is 17.0. The summed E-state index contributed by atoms with van der Waals surface area (Å²) in [5.41, 5.74) is 6.10. The summed E-state index contributed by atoms with van der Waals surface area (Å²) < 4.78 is 40.2. The Bertz CT molecular complexity index is 878. The third-order valence-corrected chi connectivity index (χ3v) is 5.55. The van der Waals surface area contributed by atoms with Crippen LogP contribution in [0.25, 0.3) is 0 Å². The van der Waals surface area contributed by atoms with Gasteiger partial charge in [0.2, 0.25) is 0 Å². The molecule has 1 atom stereocenters. The maximum absolute atomic E-state index is 13.1. The zero-order chi connectivity index (χ0) is 20.6. The number of rotatable bonds is 4. The van der Waals surface area contributed by atoms with Gasteiger partial charge in [-0.15, -0.1) is 0 Å². The average molecular weight is 436 g/mol. The first-order valence-corrected chi connectivity index (χ1v) is 9.20. The maximum atomic E-state index is 13.1. The Morgan fingerprint density at radius 1 is 1.21 bits per heavy atom. The van der Waals surface area contributed by atoms with E-state index in [4.69, 9.17) is 28.9 Å². The number of nitrogens with two attached hydrogens (primary N) is 1. The van der Waals surface area contributed by atoms with Crippen LogP contribution in [0.2, 0.25) is 10.0 Å². The molecule has 1 fully saturated rings. The van der Waals surface area contributed by atoms with Crippen LogP contribution in [-0.4, -0.2) is 47.1 Å². The van der Waals surface area contributed by atoms with E-state index in [9.17, 15) is 18.0 Å². The number of nitrogens with zero attached hydrogens (tertiary/aromatic N) is 4. The van der Waals surface area contributed by atoms with E-state index in [1.165, 1.54) is 6.92 Å². The van der Waals surface area contributed by atoms with Gasteiger partial charge >= 0.3 is 6.18 Å². The second-order valence-corrected chi connectivity index (χ2v) is 7.25. The van der Waals surface area contributed by atoms with Crippen LogP contribution in [0.1, 0.15) is 17.6 Å². The Morgan fingerprint density at radius 2 is 1.86 bits per heavy atom. The van der Waals surface area contributed by atoms with Crippen LogP contribution in [0.4, 0.5) is 24.5 Å². The van der Waals surface area contributed by atoms with Gasteiger partial charge < -0.3 is 10.6 Å². The number of benzene rings is 1. The van der Waals surface area contributed by atoms with Crippen molar-refractivity contribution in [3.05, 3.63) is 39.6 Å². The SMILES string of the molecule is Cc1c(Cl)c(C(F)(F)F)nn1C(C=O)N1CCN(c2ccc(Cl)c(N)c2)CC1. The quantitative estimate of drug-likeness (QED) is 0.586. The van der Waals surface area contributed by atoms with E-state index in [1.807, 2.05) is 6.07 Å². The van der Waals surface area contributed by atoms with E-state index >= 15 is 0 Å². The highest BCUT2D eigenvalue weighted by molar-refractivity contribution is 6.33. The molecule has 6 nitrogen and oxygen atoms in total. The van der Waals surface area contributed by atoms with Gasteiger partial charge in [0.15, 0.2) is 18.1 Å². The van der Waals surface area contributed by atoms with Crippen molar-refractivity contribution in [2.24, 2.45) is 0 Å². The molecule has 1 aliphatic rings. The Labute approximate surface area is 169 Å². The van der Waals surface area contributed by atoms with Crippen molar-refractivity contribution < 1.29 is 18.0 Å². The minimum absolute atomic E-state index is 0.0963. The lowest BCUT2D eigenvalue weighted by Crippen LogP contribution is -2.49.